The van der Waals surface area contributed by atoms with Crippen molar-refractivity contribution < 1.29 is 19.7 Å². The maximum Gasteiger partial charge on any atom is 0.335 e. The number of nitrogens with one attached hydrogen (secondary N) is 1. The third-order valence-electron chi connectivity index (χ3n) is 2.63. The maximum atomic E-state index is 11.0. The molecule has 1 aromatic carbocycles. The quantitative estimate of drug-likeness (QED) is 0.631. The Hall–Kier alpha value is -3.56. The number of carbonyl (C=O) groups is 1. The lowest BCUT2D eigenvalue weighted by molar-refractivity contribution is -0.394. The highest BCUT2D eigenvalue weighted by atomic mass is 16.6. The largest absolute Gasteiger partial charge is 0.478 e. The first kappa shape index (κ1) is 14.8. The summed E-state index contributed by atoms with van der Waals surface area (Å²) in [6.07, 6.45) is 0.871. The van der Waals surface area contributed by atoms with E-state index in [9.17, 15) is 25.0 Å². The Morgan fingerprint density at radius 1 is 1.18 bits per heavy atom. The number of hydrogen-bond donors (Lipinski definition) is 2. The number of nitro groups is 2. The monoisotopic (exact) mass is 304 g/mol. The molecule has 2 rings (SSSR count). The summed E-state index contributed by atoms with van der Waals surface area (Å²) in [4.78, 5) is 34.5. The van der Waals surface area contributed by atoms with Gasteiger partial charge in [0.25, 0.3) is 5.69 Å². The molecule has 22 heavy (non-hydrogen) atoms. The Balaban J connectivity index is 2.41. The summed E-state index contributed by atoms with van der Waals surface area (Å²) >= 11 is 0. The summed E-state index contributed by atoms with van der Waals surface area (Å²) in [5.41, 5.74) is -0.870. The van der Waals surface area contributed by atoms with Crippen LogP contribution in [0.15, 0.2) is 36.5 Å². The lowest BCUT2D eigenvalue weighted by Gasteiger charge is -2.06. The van der Waals surface area contributed by atoms with Crippen molar-refractivity contribution in [2.75, 3.05) is 5.32 Å². The van der Waals surface area contributed by atoms with Crippen molar-refractivity contribution in [2.45, 2.75) is 0 Å². The smallest absolute Gasteiger partial charge is 0.335 e. The minimum atomic E-state index is -1.16. The Labute approximate surface area is 122 Å². The number of aromatic carboxylic acids is 1. The highest BCUT2D eigenvalue weighted by molar-refractivity contribution is 5.89. The van der Waals surface area contributed by atoms with Crippen LogP contribution in [0.25, 0.3) is 0 Å². The van der Waals surface area contributed by atoms with Gasteiger partial charge in [0.05, 0.1) is 21.5 Å². The second-order valence-corrected chi connectivity index (χ2v) is 4.09. The number of nitrogens with zero attached hydrogens (tertiary/aromatic N) is 3. The number of benzene rings is 1. The van der Waals surface area contributed by atoms with E-state index < -0.39 is 27.2 Å². The molecule has 0 aliphatic heterocycles. The van der Waals surface area contributed by atoms with Gasteiger partial charge >= 0.3 is 11.7 Å². The third-order valence-corrected chi connectivity index (χ3v) is 2.63. The van der Waals surface area contributed by atoms with Crippen LogP contribution in [-0.4, -0.2) is 25.9 Å². The molecule has 0 atom stereocenters. The van der Waals surface area contributed by atoms with Crippen LogP contribution in [-0.2, 0) is 0 Å². The van der Waals surface area contributed by atoms with E-state index in [1.165, 1.54) is 24.3 Å². The second-order valence-electron chi connectivity index (χ2n) is 4.09. The first-order valence-electron chi connectivity index (χ1n) is 5.77. The van der Waals surface area contributed by atoms with Crippen LogP contribution < -0.4 is 5.32 Å². The molecule has 1 heterocycles. The molecule has 1 aromatic heterocycles. The van der Waals surface area contributed by atoms with Crippen LogP contribution in [0.5, 0.6) is 0 Å². The number of pyridine rings is 1. The van der Waals surface area contributed by atoms with Gasteiger partial charge in [-0.15, -0.1) is 0 Å². The molecule has 0 aliphatic carbocycles. The van der Waals surface area contributed by atoms with Crippen molar-refractivity contribution in [1.29, 1.82) is 0 Å². The van der Waals surface area contributed by atoms with Crippen molar-refractivity contribution in [2.24, 2.45) is 0 Å². The fourth-order valence-electron chi connectivity index (χ4n) is 1.64. The van der Waals surface area contributed by atoms with Gasteiger partial charge in [-0.3, -0.25) is 20.2 Å². The Morgan fingerprint density at radius 2 is 1.91 bits per heavy atom. The molecule has 10 nitrogen and oxygen atoms in total. The van der Waals surface area contributed by atoms with Crippen molar-refractivity contribution in [3.8, 4) is 0 Å². The molecule has 0 saturated carbocycles. The molecule has 2 aromatic rings. The summed E-state index contributed by atoms with van der Waals surface area (Å²) < 4.78 is 0. The summed E-state index contributed by atoms with van der Waals surface area (Å²) in [5.74, 6) is -1.38. The molecule has 10 heteroatoms. The van der Waals surface area contributed by atoms with Crippen LogP contribution in [0, 0.1) is 20.2 Å². The summed E-state index contributed by atoms with van der Waals surface area (Å²) in [6.45, 7) is 0. The minimum Gasteiger partial charge on any atom is -0.478 e. The third kappa shape index (κ3) is 3.12. The zero-order valence-corrected chi connectivity index (χ0v) is 10.8. The Bertz CT molecular complexity index is 776. The molecule has 0 saturated heterocycles. The molecule has 0 amide bonds. The molecule has 0 fully saturated rings. The molecule has 0 bridgehead atoms. The maximum absolute atomic E-state index is 11.0. The average molecular weight is 304 g/mol. The SMILES string of the molecule is O=C(O)c1cccc(Nc2ncc([N+](=O)[O-])cc2[N+](=O)[O-])c1. The van der Waals surface area contributed by atoms with Crippen LogP contribution in [0.1, 0.15) is 10.4 Å². The molecular weight excluding hydrogens is 296 g/mol. The fourth-order valence-corrected chi connectivity index (χ4v) is 1.64. The number of carboxylic acids is 1. The number of aromatic nitrogens is 1. The van der Waals surface area contributed by atoms with Gasteiger partial charge in [-0.1, -0.05) is 6.07 Å². The lowest BCUT2D eigenvalue weighted by atomic mass is 10.2. The van der Waals surface area contributed by atoms with Crippen molar-refractivity contribution in [1.82, 2.24) is 4.98 Å². The molecule has 2 N–H and O–H groups in total. The van der Waals surface area contributed by atoms with Crippen molar-refractivity contribution >= 4 is 28.8 Å². The van der Waals surface area contributed by atoms with Gasteiger partial charge in [-0.05, 0) is 18.2 Å². The van der Waals surface area contributed by atoms with Gasteiger partial charge in [0.2, 0.25) is 5.82 Å². The van der Waals surface area contributed by atoms with Crippen molar-refractivity contribution in [3.05, 3.63) is 62.3 Å². The van der Waals surface area contributed by atoms with Crippen LogP contribution in [0.4, 0.5) is 22.9 Å². The first-order valence-corrected chi connectivity index (χ1v) is 5.77. The van der Waals surface area contributed by atoms with Gasteiger partial charge in [0.15, 0.2) is 0 Å². The van der Waals surface area contributed by atoms with E-state index in [1.807, 2.05) is 0 Å². The van der Waals surface area contributed by atoms with Crippen LogP contribution in [0.3, 0.4) is 0 Å². The highest BCUT2D eigenvalue weighted by Gasteiger charge is 2.21. The number of hydrogen-bond acceptors (Lipinski definition) is 7. The van der Waals surface area contributed by atoms with E-state index in [0.29, 0.717) is 0 Å². The van der Waals surface area contributed by atoms with Gasteiger partial charge < -0.3 is 10.4 Å². The van der Waals surface area contributed by atoms with Gasteiger partial charge in [0.1, 0.15) is 6.20 Å². The van der Waals surface area contributed by atoms with Crippen LogP contribution >= 0.6 is 0 Å². The standard InChI is InChI=1S/C12H8N4O6/c17-12(18)7-2-1-3-8(4-7)14-11-10(16(21)22)5-9(6-13-11)15(19)20/h1-6H,(H,13,14)(H,17,18). The number of anilines is 2. The van der Waals surface area contributed by atoms with Crippen molar-refractivity contribution in [3.63, 3.8) is 0 Å². The summed E-state index contributed by atoms with van der Waals surface area (Å²) in [5, 5.41) is 33.1. The predicted molar refractivity (Wildman–Crippen MR) is 74.2 cm³/mol. The molecular formula is C12H8N4O6. The molecule has 112 valence electrons. The fraction of sp³-hybridized carbons (Fsp3) is 0. The molecule has 0 unspecified atom stereocenters. The van der Waals surface area contributed by atoms with Crippen LogP contribution in [0.2, 0.25) is 0 Å². The topological polar surface area (TPSA) is 149 Å². The van der Waals surface area contributed by atoms with Gasteiger partial charge in [-0.25, -0.2) is 9.78 Å². The molecule has 0 radical (unpaired) electrons. The van der Waals surface area contributed by atoms with E-state index in [2.05, 4.69) is 10.3 Å². The zero-order chi connectivity index (χ0) is 16.3. The predicted octanol–water partition coefficient (Wildman–Crippen LogP) is 2.34. The number of rotatable bonds is 5. The Morgan fingerprint density at radius 3 is 2.50 bits per heavy atom. The molecule has 0 aliphatic rings. The summed E-state index contributed by atoms with van der Waals surface area (Å²) in [7, 11) is 0. The first-order chi connectivity index (χ1) is 10.4. The van der Waals surface area contributed by atoms with E-state index >= 15 is 0 Å². The van der Waals surface area contributed by atoms with E-state index in [-0.39, 0.29) is 17.1 Å². The van der Waals surface area contributed by atoms with E-state index in [4.69, 9.17) is 5.11 Å². The normalized spacial score (nSPS) is 10.0. The Kier molecular flexibility index (Phi) is 3.93. The highest BCUT2D eigenvalue weighted by Crippen LogP contribution is 2.29. The lowest BCUT2D eigenvalue weighted by Crippen LogP contribution is -2.02. The number of carboxylic acid groups (broad SMARTS) is 1. The average Bonchev–Trinajstić information content (AvgIpc) is 2.47. The zero-order valence-electron chi connectivity index (χ0n) is 10.8. The van der Waals surface area contributed by atoms with Gasteiger partial charge in [0, 0.05) is 5.69 Å². The second kappa shape index (κ2) is 5.83. The van der Waals surface area contributed by atoms with Gasteiger partial charge in [-0.2, -0.15) is 0 Å². The van der Waals surface area contributed by atoms with E-state index in [1.54, 1.807) is 0 Å². The summed E-state index contributed by atoms with van der Waals surface area (Å²) in [6, 6.07) is 6.32. The molecule has 0 spiro atoms. The van der Waals surface area contributed by atoms with E-state index in [0.717, 1.165) is 12.3 Å². The minimum absolute atomic E-state index is 0.0189.